The third-order valence-corrected chi connectivity index (χ3v) is 6.92. The molecule has 3 aromatic heterocycles. The van der Waals surface area contributed by atoms with Crippen molar-refractivity contribution in [2.45, 2.75) is 0 Å². The number of fused-ring (bicyclic) bond motifs is 3. The minimum Gasteiger partial charge on any atom is -0.287 e. The average Bonchev–Trinajstić information content (AvgIpc) is 2.94. The number of pyridine rings is 3. The Bertz CT molecular complexity index is 1840. The molecule has 11 heteroatoms. The molecule has 0 N–H and O–H groups in total. The first-order valence-corrected chi connectivity index (χ1v) is 12.9. The maximum atomic E-state index is 14.4. The summed E-state index contributed by atoms with van der Waals surface area (Å²) < 4.78 is 33.6. The zero-order valence-corrected chi connectivity index (χ0v) is 20.4. The Morgan fingerprint density at radius 1 is 0.421 bits per heavy atom. The lowest BCUT2D eigenvalue weighted by molar-refractivity contribution is 0.0906. The summed E-state index contributed by atoms with van der Waals surface area (Å²) in [7, 11) is -4.99. The van der Waals surface area contributed by atoms with E-state index in [2.05, 4.69) is 0 Å². The van der Waals surface area contributed by atoms with Gasteiger partial charge in [-0.2, -0.15) is 4.57 Å². The fourth-order valence-corrected chi connectivity index (χ4v) is 5.27. The maximum absolute atomic E-state index is 14.4. The van der Waals surface area contributed by atoms with Crippen molar-refractivity contribution in [2.75, 3.05) is 0 Å². The summed E-state index contributed by atoms with van der Waals surface area (Å²) >= 11 is 0. The lowest BCUT2D eigenvalue weighted by Gasteiger charge is -2.21. The molecule has 3 aromatic carbocycles. The Balaban J connectivity index is 1.56. The van der Waals surface area contributed by atoms with E-state index in [0.717, 1.165) is 14.2 Å². The highest BCUT2D eigenvalue weighted by Crippen LogP contribution is 2.39. The van der Waals surface area contributed by atoms with Crippen LogP contribution < -0.4 is 30.6 Å². The fraction of sp³-hybridized carbons (Fsp3) is 0. The summed E-state index contributed by atoms with van der Waals surface area (Å²) in [5.41, 5.74) is -1.22. The van der Waals surface area contributed by atoms with Crippen LogP contribution in [0.3, 0.4) is 0 Å². The lowest BCUT2D eigenvalue weighted by Crippen LogP contribution is -2.36. The summed E-state index contributed by atoms with van der Waals surface area (Å²) in [6, 6.07) is 28.6. The van der Waals surface area contributed by atoms with Crippen molar-refractivity contribution < 1.29 is 18.4 Å². The largest absolute Gasteiger partial charge is 0.706 e. The predicted octanol–water partition coefficient (Wildman–Crippen LogP) is 3.43. The van der Waals surface area contributed by atoms with E-state index in [-0.39, 0.29) is 16.6 Å². The minimum absolute atomic E-state index is 0.267. The van der Waals surface area contributed by atoms with E-state index in [1.807, 2.05) is 0 Å². The van der Waals surface area contributed by atoms with E-state index >= 15 is 0 Å². The molecule has 0 aliphatic carbocycles. The van der Waals surface area contributed by atoms with Gasteiger partial charge >= 0.3 is 7.82 Å². The first kappa shape index (κ1) is 23.3. The highest BCUT2D eigenvalue weighted by Gasteiger charge is 2.38. The first-order chi connectivity index (χ1) is 18.4. The number of phosphoric acid groups is 1. The molecule has 0 amide bonds. The van der Waals surface area contributed by atoms with Gasteiger partial charge < -0.3 is 0 Å². The zero-order chi connectivity index (χ0) is 26.3. The summed E-state index contributed by atoms with van der Waals surface area (Å²) in [5, 5.41) is 1.80. The molecule has 0 spiro atoms. The van der Waals surface area contributed by atoms with Gasteiger partial charge in [0.1, 0.15) is 0 Å². The Morgan fingerprint density at radius 2 is 0.711 bits per heavy atom. The SMILES string of the molecule is O=c1ccc2ccccc2n1OP(=O)(On1c(=O)ccc2ccccc21)On1c(=O)ccc2ccccc21. The highest BCUT2D eigenvalue weighted by molar-refractivity contribution is 7.49. The Hall–Kier alpha value is -5.08. The van der Waals surface area contributed by atoms with Gasteiger partial charge in [0.25, 0.3) is 16.7 Å². The second-order valence-electron chi connectivity index (χ2n) is 8.27. The van der Waals surface area contributed by atoms with Crippen LogP contribution in [0.5, 0.6) is 0 Å². The number of nitrogens with zero attached hydrogens (tertiary/aromatic N) is 3. The van der Waals surface area contributed by atoms with Gasteiger partial charge in [0.2, 0.25) is 0 Å². The van der Waals surface area contributed by atoms with Gasteiger partial charge in [0.05, 0.1) is 16.6 Å². The van der Waals surface area contributed by atoms with Gasteiger partial charge in [0, 0.05) is 34.4 Å². The number of hydrogen-bond donors (Lipinski definition) is 0. The molecule has 3 heterocycles. The van der Waals surface area contributed by atoms with E-state index in [1.165, 1.54) is 18.2 Å². The van der Waals surface area contributed by atoms with Gasteiger partial charge in [-0.25, -0.2) is 0 Å². The third kappa shape index (κ3) is 4.12. The van der Waals surface area contributed by atoms with E-state index in [0.29, 0.717) is 16.2 Å². The van der Waals surface area contributed by atoms with Crippen molar-refractivity contribution in [3.05, 3.63) is 140 Å². The van der Waals surface area contributed by atoms with Crippen molar-refractivity contribution in [3.8, 4) is 0 Å². The second-order valence-corrected chi connectivity index (χ2v) is 9.65. The van der Waals surface area contributed by atoms with Gasteiger partial charge in [-0.3, -0.25) is 28.3 Å². The summed E-state index contributed by atoms with van der Waals surface area (Å²) in [5.74, 6) is 0. The van der Waals surface area contributed by atoms with E-state index in [1.54, 1.807) is 91.0 Å². The van der Waals surface area contributed by atoms with Gasteiger partial charge in [-0.15, -0.1) is 14.2 Å². The molecule has 10 nitrogen and oxygen atoms in total. The minimum atomic E-state index is -4.99. The van der Waals surface area contributed by atoms with E-state index in [4.69, 9.17) is 13.9 Å². The Kier molecular flexibility index (Phi) is 5.58. The van der Waals surface area contributed by atoms with Crippen molar-refractivity contribution in [1.82, 2.24) is 14.2 Å². The van der Waals surface area contributed by atoms with Crippen LogP contribution in [0.1, 0.15) is 0 Å². The van der Waals surface area contributed by atoms with Crippen molar-refractivity contribution in [1.29, 1.82) is 0 Å². The fourth-order valence-electron chi connectivity index (χ4n) is 4.08. The predicted molar refractivity (Wildman–Crippen MR) is 142 cm³/mol. The maximum Gasteiger partial charge on any atom is 0.706 e. The molecule has 0 atom stereocenters. The van der Waals surface area contributed by atoms with Crippen LogP contribution in [0.4, 0.5) is 0 Å². The lowest BCUT2D eigenvalue weighted by atomic mass is 10.2. The third-order valence-electron chi connectivity index (χ3n) is 5.83. The molecule has 188 valence electrons. The van der Waals surface area contributed by atoms with Crippen LogP contribution in [-0.2, 0) is 4.57 Å². The molecule has 6 aromatic rings. The summed E-state index contributed by atoms with van der Waals surface area (Å²) in [4.78, 5) is 38.5. The molecule has 38 heavy (non-hydrogen) atoms. The molecule has 0 saturated carbocycles. The Morgan fingerprint density at radius 3 is 1.03 bits per heavy atom. The Labute approximate surface area is 213 Å². The van der Waals surface area contributed by atoms with Crippen LogP contribution in [0.15, 0.2) is 124 Å². The molecule has 6 rings (SSSR count). The smallest absolute Gasteiger partial charge is 0.287 e. The molecule has 0 aliphatic heterocycles. The van der Waals surface area contributed by atoms with Gasteiger partial charge in [0.15, 0.2) is 0 Å². The molecular formula is C27H18N3O7P. The molecular weight excluding hydrogens is 509 g/mol. The van der Waals surface area contributed by atoms with Crippen LogP contribution >= 0.6 is 7.82 Å². The molecule has 0 saturated heterocycles. The van der Waals surface area contributed by atoms with E-state index in [9.17, 15) is 18.9 Å². The van der Waals surface area contributed by atoms with Gasteiger partial charge in [-0.05, 0) is 36.4 Å². The van der Waals surface area contributed by atoms with Crippen molar-refractivity contribution >= 4 is 40.5 Å². The number of aromatic nitrogens is 3. The number of benzene rings is 3. The quantitative estimate of drug-likeness (QED) is 0.305. The first-order valence-electron chi connectivity index (χ1n) is 11.4. The van der Waals surface area contributed by atoms with Crippen LogP contribution in [0, 0.1) is 0 Å². The van der Waals surface area contributed by atoms with Crippen molar-refractivity contribution in [3.63, 3.8) is 0 Å². The molecule has 0 bridgehead atoms. The normalized spacial score (nSPS) is 11.6. The molecule has 0 aliphatic rings. The molecule has 0 fully saturated rings. The number of para-hydroxylation sites is 3. The standard InChI is InChI=1S/C27H18N3O7P/c31-25-16-13-19-7-1-4-10-22(19)28(25)35-38(34,36-29-23-11-5-2-8-20(23)14-17-26(29)32)37-30-24-12-6-3-9-21(24)15-18-27(30)33/h1-18H. The zero-order valence-electron chi connectivity index (χ0n) is 19.5. The molecule has 0 unspecified atom stereocenters. The van der Waals surface area contributed by atoms with E-state index < -0.39 is 24.5 Å². The van der Waals surface area contributed by atoms with Gasteiger partial charge in [-0.1, -0.05) is 54.6 Å². The number of rotatable bonds is 6. The van der Waals surface area contributed by atoms with Crippen LogP contribution in [0.25, 0.3) is 32.7 Å². The van der Waals surface area contributed by atoms with Crippen LogP contribution in [0.2, 0.25) is 0 Å². The average molecular weight is 527 g/mol. The summed E-state index contributed by atoms with van der Waals surface area (Å²) in [6.07, 6.45) is 0. The highest BCUT2D eigenvalue weighted by atomic mass is 31.2. The van der Waals surface area contributed by atoms with Crippen LogP contribution in [-0.4, -0.2) is 14.2 Å². The topological polar surface area (TPSA) is 111 Å². The second kappa shape index (κ2) is 9.10. The molecule has 0 radical (unpaired) electrons. The van der Waals surface area contributed by atoms with Crippen molar-refractivity contribution in [2.24, 2.45) is 0 Å². The monoisotopic (exact) mass is 527 g/mol. The summed E-state index contributed by atoms with van der Waals surface area (Å²) in [6.45, 7) is 0. The number of hydrogen-bond acceptors (Lipinski definition) is 7.